The third kappa shape index (κ3) is 5.18. The molecule has 2 aromatic rings. The van der Waals surface area contributed by atoms with E-state index in [0.717, 1.165) is 43.4 Å². The number of benzene rings is 1. The molecule has 1 aromatic heterocycles. The maximum absolute atomic E-state index is 13.1. The van der Waals surface area contributed by atoms with Crippen molar-refractivity contribution in [2.75, 3.05) is 39.1 Å². The molecule has 1 atom stereocenters. The van der Waals surface area contributed by atoms with E-state index in [4.69, 9.17) is 0 Å². The van der Waals surface area contributed by atoms with Crippen LogP contribution in [0.5, 0.6) is 0 Å². The zero-order valence-corrected chi connectivity index (χ0v) is 16.3. The fourth-order valence-corrected chi connectivity index (χ4v) is 3.46. The van der Waals surface area contributed by atoms with E-state index in [2.05, 4.69) is 20.2 Å². The van der Waals surface area contributed by atoms with Gasteiger partial charge in [0.15, 0.2) is 5.96 Å². The van der Waals surface area contributed by atoms with E-state index in [-0.39, 0.29) is 5.82 Å². The van der Waals surface area contributed by atoms with E-state index >= 15 is 0 Å². The molecule has 0 spiro atoms. The highest BCUT2D eigenvalue weighted by molar-refractivity contribution is 5.80. The Bertz CT molecular complexity index is 772. The first-order chi connectivity index (χ1) is 13.0. The van der Waals surface area contributed by atoms with Gasteiger partial charge in [-0.15, -0.1) is 0 Å². The molecule has 6 heteroatoms. The first-order valence-electron chi connectivity index (χ1n) is 9.38. The summed E-state index contributed by atoms with van der Waals surface area (Å²) in [5.74, 6) is 2.24. The van der Waals surface area contributed by atoms with Gasteiger partial charge in [0, 0.05) is 34.2 Å². The molecule has 1 fully saturated rings. The average molecular weight is 369 g/mol. The number of nitrogens with one attached hydrogen (secondary N) is 1. The van der Waals surface area contributed by atoms with Crippen LogP contribution in [0.25, 0.3) is 0 Å². The van der Waals surface area contributed by atoms with E-state index < -0.39 is 0 Å². The minimum atomic E-state index is -0.177. The van der Waals surface area contributed by atoms with Gasteiger partial charge in [-0.3, -0.25) is 4.99 Å². The number of pyridine rings is 1. The Balaban J connectivity index is 1.54. The quantitative estimate of drug-likeness (QED) is 0.650. The topological polar surface area (TPSA) is 43.8 Å². The molecule has 1 aromatic carbocycles. The van der Waals surface area contributed by atoms with E-state index in [1.807, 2.05) is 56.4 Å². The summed E-state index contributed by atoms with van der Waals surface area (Å²) in [6.07, 6.45) is 2.09. The van der Waals surface area contributed by atoms with Crippen molar-refractivity contribution in [3.8, 4) is 0 Å². The lowest BCUT2D eigenvalue weighted by molar-refractivity contribution is 0.459. The van der Waals surface area contributed by atoms with Gasteiger partial charge in [-0.05, 0) is 48.6 Å². The maximum Gasteiger partial charge on any atom is 0.193 e. The van der Waals surface area contributed by atoms with E-state index in [0.29, 0.717) is 12.5 Å². The zero-order chi connectivity index (χ0) is 19.2. The minimum Gasteiger partial charge on any atom is -0.363 e. The number of rotatable bonds is 5. The Labute approximate surface area is 160 Å². The molecule has 0 amide bonds. The second-order valence-electron chi connectivity index (χ2n) is 7.21. The Morgan fingerprint density at radius 1 is 1.26 bits per heavy atom. The lowest BCUT2D eigenvalue weighted by Gasteiger charge is -2.22. The van der Waals surface area contributed by atoms with Gasteiger partial charge >= 0.3 is 0 Å². The highest BCUT2D eigenvalue weighted by Gasteiger charge is 2.25. The van der Waals surface area contributed by atoms with Crippen molar-refractivity contribution in [3.05, 3.63) is 59.5 Å². The van der Waals surface area contributed by atoms with Crippen LogP contribution in [0.1, 0.15) is 17.7 Å². The smallest absolute Gasteiger partial charge is 0.193 e. The van der Waals surface area contributed by atoms with Gasteiger partial charge in [0.05, 0.1) is 12.2 Å². The molecule has 0 radical (unpaired) electrons. The summed E-state index contributed by atoms with van der Waals surface area (Å²) in [7, 11) is 5.80. The normalized spacial score (nSPS) is 17.3. The second kappa shape index (κ2) is 8.84. The summed E-state index contributed by atoms with van der Waals surface area (Å²) in [6.45, 7) is 2.59. The number of guanidine groups is 1. The second-order valence-corrected chi connectivity index (χ2v) is 7.21. The molecular weight excluding hydrogens is 341 g/mol. The molecular formula is C21H28FN5. The van der Waals surface area contributed by atoms with Gasteiger partial charge in [0.25, 0.3) is 0 Å². The van der Waals surface area contributed by atoms with E-state index in [1.54, 1.807) is 0 Å². The molecule has 1 aliphatic heterocycles. The lowest BCUT2D eigenvalue weighted by atomic mass is 9.99. The SMILES string of the molecule is CN=C(NCc1cccc(N(C)C)n1)N1CCC(Cc2ccc(F)cc2)C1. The Kier molecular flexibility index (Phi) is 6.27. The summed E-state index contributed by atoms with van der Waals surface area (Å²) in [6, 6.07) is 12.9. The summed E-state index contributed by atoms with van der Waals surface area (Å²) < 4.78 is 13.1. The van der Waals surface area contributed by atoms with E-state index in [1.165, 1.54) is 17.7 Å². The summed E-state index contributed by atoms with van der Waals surface area (Å²) in [5, 5.41) is 3.43. The van der Waals surface area contributed by atoms with E-state index in [9.17, 15) is 4.39 Å². The summed E-state index contributed by atoms with van der Waals surface area (Å²) in [4.78, 5) is 13.4. The fraction of sp³-hybridized carbons (Fsp3) is 0.429. The van der Waals surface area contributed by atoms with Crippen molar-refractivity contribution in [1.82, 2.24) is 15.2 Å². The zero-order valence-electron chi connectivity index (χ0n) is 16.3. The first-order valence-corrected chi connectivity index (χ1v) is 9.38. The molecule has 3 rings (SSSR count). The van der Waals surface area contributed by atoms with Crippen LogP contribution in [0, 0.1) is 11.7 Å². The van der Waals surface area contributed by atoms with Crippen LogP contribution in [-0.2, 0) is 13.0 Å². The predicted octanol–water partition coefficient (Wildman–Crippen LogP) is 2.93. The van der Waals surface area contributed by atoms with Crippen molar-refractivity contribution >= 4 is 11.8 Å². The predicted molar refractivity (Wildman–Crippen MR) is 109 cm³/mol. The molecule has 1 unspecified atom stereocenters. The number of likely N-dealkylation sites (tertiary alicyclic amines) is 1. The maximum atomic E-state index is 13.1. The number of hydrogen-bond acceptors (Lipinski definition) is 3. The molecule has 1 N–H and O–H groups in total. The van der Waals surface area contributed by atoms with Crippen LogP contribution in [0.3, 0.4) is 0 Å². The van der Waals surface area contributed by atoms with Gasteiger partial charge in [0.1, 0.15) is 11.6 Å². The largest absolute Gasteiger partial charge is 0.363 e. The number of halogens is 1. The standard InChI is InChI=1S/C21H28FN5/c1-23-21(24-14-19-5-4-6-20(25-19)26(2)3)27-12-11-17(15-27)13-16-7-9-18(22)10-8-16/h4-10,17H,11-15H2,1-3H3,(H,23,24). The minimum absolute atomic E-state index is 0.177. The monoisotopic (exact) mass is 369 g/mol. The van der Waals surface area contributed by atoms with Crippen LogP contribution in [0.15, 0.2) is 47.5 Å². The number of anilines is 1. The Morgan fingerprint density at radius 3 is 2.74 bits per heavy atom. The molecule has 5 nitrogen and oxygen atoms in total. The number of hydrogen-bond donors (Lipinski definition) is 1. The molecule has 0 aliphatic carbocycles. The molecule has 27 heavy (non-hydrogen) atoms. The fourth-order valence-electron chi connectivity index (χ4n) is 3.46. The highest BCUT2D eigenvalue weighted by Crippen LogP contribution is 2.21. The van der Waals surface area contributed by atoms with Crippen LogP contribution >= 0.6 is 0 Å². The summed E-state index contributed by atoms with van der Waals surface area (Å²) in [5.41, 5.74) is 2.18. The lowest BCUT2D eigenvalue weighted by Crippen LogP contribution is -2.39. The highest BCUT2D eigenvalue weighted by atomic mass is 19.1. The number of nitrogens with zero attached hydrogens (tertiary/aromatic N) is 4. The van der Waals surface area contributed by atoms with Crippen LogP contribution in [-0.4, -0.2) is 50.1 Å². The molecule has 2 heterocycles. The number of aliphatic imine (C=N–C) groups is 1. The summed E-state index contributed by atoms with van der Waals surface area (Å²) >= 11 is 0. The van der Waals surface area contributed by atoms with Crippen LogP contribution in [0.2, 0.25) is 0 Å². The molecule has 144 valence electrons. The Hall–Kier alpha value is -2.63. The van der Waals surface area contributed by atoms with Crippen molar-refractivity contribution in [2.24, 2.45) is 10.9 Å². The first kappa shape index (κ1) is 19.1. The molecule has 1 aliphatic rings. The average Bonchev–Trinajstić information content (AvgIpc) is 3.13. The third-order valence-corrected chi connectivity index (χ3v) is 4.91. The van der Waals surface area contributed by atoms with Crippen LogP contribution < -0.4 is 10.2 Å². The molecule has 0 bridgehead atoms. The van der Waals surface area contributed by atoms with Crippen molar-refractivity contribution in [2.45, 2.75) is 19.4 Å². The van der Waals surface area contributed by atoms with Gasteiger partial charge in [-0.2, -0.15) is 0 Å². The van der Waals surface area contributed by atoms with Gasteiger partial charge in [-0.25, -0.2) is 9.37 Å². The number of aromatic nitrogens is 1. The van der Waals surface area contributed by atoms with Crippen molar-refractivity contribution < 1.29 is 4.39 Å². The molecule has 0 saturated carbocycles. The third-order valence-electron chi connectivity index (χ3n) is 4.91. The van der Waals surface area contributed by atoms with Crippen LogP contribution in [0.4, 0.5) is 10.2 Å². The Morgan fingerprint density at radius 2 is 2.04 bits per heavy atom. The van der Waals surface area contributed by atoms with Crippen molar-refractivity contribution in [1.29, 1.82) is 0 Å². The van der Waals surface area contributed by atoms with Crippen molar-refractivity contribution in [3.63, 3.8) is 0 Å². The van der Waals surface area contributed by atoms with Gasteiger partial charge < -0.3 is 15.1 Å². The van der Waals surface area contributed by atoms with Gasteiger partial charge in [0.2, 0.25) is 0 Å². The molecule has 1 saturated heterocycles. The van der Waals surface area contributed by atoms with Gasteiger partial charge in [-0.1, -0.05) is 18.2 Å².